The Hall–Kier alpha value is -3.46. The fourth-order valence-electron chi connectivity index (χ4n) is 3.64. The van der Waals surface area contributed by atoms with E-state index in [2.05, 4.69) is 4.98 Å². The molecule has 0 atom stereocenters. The third-order valence-corrected chi connectivity index (χ3v) is 5.31. The zero-order valence-corrected chi connectivity index (χ0v) is 17.3. The van der Waals surface area contributed by atoms with E-state index in [0.717, 1.165) is 22.8 Å². The lowest BCUT2D eigenvalue weighted by molar-refractivity contribution is -0.137. The van der Waals surface area contributed by atoms with Crippen molar-refractivity contribution in [3.8, 4) is 5.69 Å². The summed E-state index contributed by atoms with van der Waals surface area (Å²) < 4.78 is 42.1. The van der Waals surface area contributed by atoms with Crippen molar-refractivity contribution in [1.29, 1.82) is 0 Å². The molecule has 9 heteroatoms. The maximum atomic E-state index is 13.4. The van der Waals surface area contributed by atoms with Gasteiger partial charge in [-0.3, -0.25) is 14.3 Å². The maximum Gasteiger partial charge on any atom is 0.416 e. The quantitative estimate of drug-likeness (QED) is 0.519. The van der Waals surface area contributed by atoms with Gasteiger partial charge >= 0.3 is 11.9 Å². The largest absolute Gasteiger partial charge is 0.416 e. The summed E-state index contributed by atoms with van der Waals surface area (Å²) in [6, 6.07) is 9.68. The molecule has 2 aromatic carbocycles. The zero-order chi connectivity index (χ0) is 23.3. The van der Waals surface area contributed by atoms with Gasteiger partial charge in [-0.15, -0.1) is 0 Å². The molecular formula is C23H20F3N3O3. The van der Waals surface area contributed by atoms with Crippen molar-refractivity contribution in [1.82, 2.24) is 14.1 Å². The van der Waals surface area contributed by atoms with Crippen molar-refractivity contribution in [3.63, 3.8) is 0 Å². The van der Waals surface area contributed by atoms with Crippen LogP contribution in [0.2, 0.25) is 0 Å². The highest BCUT2D eigenvalue weighted by Gasteiger charge is 2.31. The number of rotatable bonds is 4. The van der Waals surface area contributed by atoms with Gasteiger partial charge in [-0.25, -0.2) is 9.36 Å². The van der Waals surface area contributed by atoms with Crippen LogP contribution < -0.4 is 11.2 Å². The summed E-state index contributed by atoms with van der Waals surface area (Å²) in [7, 11) is 0. The fourth-order valence-corrected chi connectivity index (χ4v) is 3.64. The molecule has 0 fully saturated rings. The molecule has 0 aliphatic carbocycles. The van der Waals surface area contributed by atoms with Crippen LogP contribution in [0, 0.1) is 0 Å². The summed E-state index contributed by atoms with van der Waals surface area (Å²) in [5.41, 5.74) is -3.45. The van der Waals surface area contributed by atoms with Crippen LogP contribution in [0.4, 0.5) is 13.2 Å². The van der Waals surface area contributed by atoms with Crippen LogP contribution >= 0.6 is 0 Å². The number of hydrogen-bond donors (Lipinski definition) is 1. The van der Waals surface area contributed by atoms with Gasteiger partial charge in [0.05, 0.1) is 34.0 Å². The Balaban J connectivity index is 2.10. The fraction of sp³-hybridized carbons (Fsp3) is 0.261. The molecule has 0 amide bonds. The van der Waals surface area contributed by atoms with E-state index in [9.17, 15) is 27.9 Å². The molecule has 4 rings (SSSR count). The first-order chi connectivity index (χ1) is 15.0. The Labute approximate surface area is 180 Å². The van der Waals surface area contributed by atoms with Gasteiger partial charge in [-0.05, 0) is 38.5 Å². The standard InChI is InChI=1S/C23H20F3N3O3/c1-22(2,32)9-10-28-18-8-7-15(23(24,25)26)11-17(18)20(30)29(21(28)31)19-13-27-12-14-5-3-4-6-16(14)19/h3-8,11-13,32H,9-10H2,1-2H3. The van der Waals surface area contributed by atoms with Crippen molar-refractivity contribution in [2.24, 2.45) is 0 Å². The minimum Gasteiger partial charge on any atom is -0.390 e. The second-order valence-corrected chi connectivity index (χ2v) is 8.25. The molecule has 0 unspecified atom stereocenters. The van der Waals surface area contributed by atoms with Gasteiger partial charge in [0.15, 0.2) is 0 Å². The maximum absolute atomic E-state index is 13.4. The topological polar surface area (TPSA) is 77.1 Å². The molecule has 4 aromatic rings. The highest BCUT2D eigenvalue weighted by Crippen LogP contribution is 2.31. The number of alkyl halides is 3. The molecule has 0 spiro atoms. The molecule has 0 radical (unpaired) electrons. The summed E-state index contributed by atoms with van der Waals surface area (Å²) in [6.45, 7) is 3.13. The molecule has 0 aliphatic rings. The van der Waals surface area contributed by atoms with E-state index >= 15 is 0 Å². The van der Waals surface area contributed by atoms with E-state index in [-0.39, 0.29) is 29.6 Å². The van der Waals surface area contributed by atoms with E-state index < -0.39 is 28.6 Å². The van der Waals surface area contributed by atoms with E-state index in [0.29, 0.717) is 10.8 Å². The van der Waals surface area contributed by atoms with Gasteiger partial charge in [0.2, 0.25) is 0 Å². The van der Waals surface area contributed by atoms with Gasteiger partial charge in [0.25, 0.3) is 5.56 Å². The van der Waals surface area contributed by atoms with E-state index in [4.69, 9.17) is 0 Å². The number of aryl methyl sites for hydroxylation is 1. The first-order valence-corrected chi connectivity index (χ1v) is 9.90. The lowest BCUT2D eigenvalue weighted by Gasteiger charge is -2.20. The number of pyridine rings is 1. The van der Waals surface area contributed by atoms with Crippen LogP contribution in [-0.4, -0.2) is 24.8 Å². The minimum atomic E-state index is -4.65. The van der Waals surface area contributed by atoms with Gasteiger partial charge < -0.3 is 5.11 Å². The number of aliphatic hydroxyl groups is 1. The Morgan fingerprint density at radius 2 is 1.72 bits per heavy atom. The van der Waals surface area contributed by atoms with Gasteiger partial charge in [-0.1, -0.05) is 24.3 Å². The SMILES string of the molecule is CC(C)(O)CCn1c(=O)n(-c2cncc3ccccc23)c(=O)c2cc(C(F)(F)F)ccc21. The molecule has 6 nitrogen and oxygen atoms in total. The Morgan fingerprint density at radius 3 is 2.41 bits per heavy atom. The van der Waals surface area contributed by atoms with E-state index in [1.165, 1.54) is 10.8 Å². The molecule has 1 N–H and O–H groups in total. The van der Waals surface area contributed by atoms with Crippen LogP contribution in [0.15, 0.2) is 64.4 Å². The summed E-state index contributed by atoms with van der Waals surface area (Å²) in [4.78, 5) is 30.9. The lowest BCUT2D eigenvalue weighted by atomic mass is 10.1. The molecule has 0 saturated heterocycles. The van der Waals surface area contributed by atoms with Crippen molar-refractivity contribution in [3.05, 3.63) is 81.3 Å². The number of benzene rings is 2. The molecule has 2 aromatic heterocycles. The summed E-state index contributed by atoms with van der Waals surface area (Å²) in [5, 5.41) is 11.1. The Kier molecular flexibility index (Phi) is 5.16. The summed E-state index contributed by atoms with van der Waals surface area (Å²) in [5.74, 6) is 0. The molecule has 0 saturated carbocycles. The first-order valence-electron chi connectivity index (χ1n) is 9.90. The number of aromatic nitrogens is 3. The van der Waals surface area contributed by atoms with Crippen LogP contribution in [0.5, 0.6) is 0 Å². The molecule has 166 valence electrons. The highest BCUT2D eigenvalue weighted by atomic mass is 19.4. The van der Waals surface area contributed by atoms with Crippen molar-refractivity contribution >= 4 is 21.7 Å². The third-order valence-electron chi connectivity index (χ3n) is 5.31. The molecular weight excluding hydrogens is 423 g/mol. The number of halogens is 3. The molecule has 2 heterocycles. The van der Waals surface area contributed by atoms with Crippen LogP contribution in [-0.2, 0) is 12.7 Å². The van der Waals surface area contributed by atoms with Crippen LogP contribution in [0.3, 0.4) is 0 Å². The van der Waals surface area contributed by atoms with E-state index in [1.807, 2.05) is 0 Å². The normalized spacial score (nSPS) is 12.6. The summed E-state index contributed by atoms with van der Waals surface area (Å²) >= 11 is 0. The van der Waals surface area contributed by atoms with Crippen molar-refractivity contribution in [2.45, 2.75) is 38.6 Å². The Morgan fingerprint density at radius 1 is 1.00 bits per heavy atom. The third kappa shape index (κ3) is 3.91. The van der Waals surface area contributed by atoms with Gasteiger partial charge in [0.1, 0.15) is 0 Å². The first kappa shape index (κ1) is 21.8. The second kappa shape index (κ2) is 7.59. The van der Waals surface area contributed by atoms with Crippen LogP contribution in [0.25, 0.3) is 27.4 Å². The smallest absolute Gasteiger partial charge is 0.390 e. The number of nitrogens with zero attached hydrogens (tertiary/aromatic N) is 3. The Bertz CT molecular complexity index is 1440. The predicted molar refractivity (Wildman–Crippen MR) is 115 cm³/mol. The van der Waals surface area contributed by atoms with Gasteiger partial charge in [-0.2, -0.15) is 13.2 Å². The monoisotopic (exact) mass is 443 g/mol. The predicted octanol–water partition coefficient (Wildman–Crippen LogP) is 3.88. The number of fused-ring (bicyclic) bond motifs is 2. The lowest BCUT2D eigenvalue weighted by Crippen LogP contribution is -2.40. The average Bonchev–Trinajstić information content (AvgIpc) is 2.72. The highest BCUT2D eigenvalue weighted by molar-refractivity contribution is 5.89. The average molecular weight is 443 g/mol. The molecule has 32 heavy (non-hydrogen) atoms. The minimum absolute atomic E-state index is 0.00265. The van der Waals surface area contributed by atoms with Crippen molar-refractivity contribution in [2.75, 3.05) is 0 Å². The van der Waals surface area contributed by atoms with Gasteiger partial charge in [0, 0.05) is 23.5 Å². The molecule has 0 aliphatic heterocycles. The summed E-state index contributed by atoms with van der Waals surface area (Å²) in [6.07, 6.45) is -1.60. The van der Waals surface area contributed by atoms with Crippen LogP contribution in [0.1, 0.15) is 25.8 Å². The second-order valence-electron chi connectivity index (χ2n) is 8.25. The molecule has 0 bridgehead atoms. The zero-order valence-electron chi connectivity index (χ0n) is 17.3. The van der Waals surface area contributed by atoms with E-state index in [1.54, 1.807) is 44.3 Å². The number of hydrogen-bond acceptors (Lipinski definition) is 4. The van der Waals surface area contributed by atoms with Crippen molar-refractivity contribution < 1.29 is 18.3 Å².